The third-order valence-electron chi connectivity index (χ3n) is 7.49. The first kappa shape index (κ1) is 29.5. The van der Waals surface area contributed by atoms with E-state index in [0.717, 1.165) is 35.3 Å². The Morgan fingerprint density at radius 2 is 1.93 bits per heavy atom. The van der Waals surface area contributed by atoms with Crippen LogP contribution in [0, 0.1) is 0 Å². The van der Waals surface area contributed by atoms with Crippen molar-refractivity contribution in [1.29, 1.82) is 0 Å². The van der Waals surface area contributed by atoms with Crippen LogP contribution in [0.4, 0.5) is 23.0 Å². The minimum Gasteiger partial charge on any atom is -0.494 e. The van der Waals surface area contributed by atoms with E-state index in [4.69, 9.17) is 14.7 Å². The van der Waals surface area contributed by atoms with Gasteiger partial charge in [0.2, 0.25) is 11.9 Å². The Hall–Kier alpha value is -3.94. The second kappa shape index (κ2) is 12.5. The van der Waals surface area contributed by atoms with Crippen molar-refractivity contribution < 1.29 is 9.53 Å². The number of benzene rings is 2. The first-order valence-corrected chi connectivity index (χ1v) is 16.4. The van der Waals surface area contributed by atoms with Gasteiger partial charge in [-0.15, -0.1) is 0 Å². The van der Waals surface area contributed by atoms with E-state index in [0.29, 0.717) is 29.1 Å². The first-order valence-electron chi connectivity index (χ1n) is 14.1. The van der Waals surface area contributed by atoms with E-state index in [2.05, 4.69) is 75.4 Å². The van der Waals surface area contributed by atoms with Crippen LogP contribution in [0.25, 0.3) is 22.2 Å². The Balaban J connectivity index is 1.57. The Bertz CT molecular complexity index is 1610. The van der Waals surface area contributed by atoms with Crippen LogP contribution in [0.2, 0.25) is 0 Å². The molecule has 0 saturated heterocycles. The number of rotatable bonds is 12. The lowest BCUT2D eigenvalue weighted by molar-refractivity contribution is -0.111. The van der Waals surface area contributed by atoms with Crippen molar-refractivity contribution in [3.05, 3.63) is 61.4 Å². The zero-order valence-electron chi connectivity index (χ0n) is 25.3. The van der Waals surface area contributed by atoms with Crippen molar-refractivity contribution in [3.63, 3.8) is 0 Å². The molecular weight excluding hydrogens is 545 g/mol. The highest BCUT2D eigenvalue weighted by Crippen LogP contribution is 2.43. The number of para-hydroxylation sites is 1. The SMILES string of the molecule is C=CC(=O)Nc1cc(Nc2ncc(P(C)C)c(-c3cn(C4CC4)c4ccccc34)n2)c(OC)cc1N(C)CCN(C)C. The Labute approximate surface area is 249 Å². The molecular formula is C32H40N7O2P. The summed E-state index contributed by atoms with van der Waals surface area (Å²) in [5, 5.41) is 8.69. The summed E-state index contributed by atoms with van der Waals surface area (Å²) >= 11 is 0. The molecule has 220 valence electrons. The molecule has 0 spiro atoms. The van der Waals surface area contributed by atoms with Gasteiger partial charge in [-0.2, -0.15) is 0 Å². The Morgan fingerprint density at radius 3 is 2.60 bits per heavy atom. The number of fused-ring (bicyclic) bond motifs is 1. The number of hydrogen-bond acceptors (Lipinski definition) is 7. The van der Waals surface area contributed by atoms with E-state index in [-0.39, 0.29) is 5.91 Å². The van der Waals surface area contributed by atoms with Crippen LogP contribution in [0.15, 0.2) is 61.4 Å². The fraction of sp³-hybridized carbons (Fsp3) is 0.344. The van der Waals surface area contributed by atoms with Crippen molar-refractivity contribution in [2.45, 2.75) is 18.9 Å². The molecule has 1 fully saturated rings. The van der Waals surface area contributed by atoms with E-state index in [1.54, 1.807) is 7.11 Å². The van der Waals surface area contributed by atoms with Gasteiger partial charge in [0, 0.05) is 66.4 Å². The maximum Gasteiger partial charge on any atom is 0.247 e. The molecule has 5 rings (SSSR count). The van der Waals surface area contributed by atoms with Crippen LogP contribution >= 0.6 is 7.92 Å². The summed E-state index contributed by atoms with van der Waals surface area (Å²) < 4.78 is 8.21. The van der Waals surface area contributed by atoms with Crippen molar-refractivity contribution in [1.82, 2.24) is 19.4 Å². The molecule has 4 aromatic rings. The predicted octanol–water partition coefficient (Wildman–Crippen LogP) is 5.67. The molecule has 2 aromatic carbocycles. The molecule has 10 heteroatoms. The van der Waals surface area contributed by atoms with Crippen molar-refractivity contribution >= 4 is 53.0 Å². The summed E-state index contributed by atoms with van der Waals surface area (Å²) in [5.74, 6) is 0.788. The molecule has 0 aliphatic heterocycles. The first-order chi connectivity index (χ1) is 20.2. The maximum atomic E-state index is 12.4. The number of ether oxygens (including phenoxy) is 1. The fourth-order valence-corrected chi connectivity index (χ4v) is 5.92. The summed E-state index contributed by atoms with van der Waals surface area (Å²) in [5.41, 5.74) is 5.43. The van der Waals surface area contributed by atoms with Gasteiger partial charge in [-0.25, -0.2) is 9.97 Å². The molecule has 42 heavy (non-hydrogen) atoms. The summed E-state index contributed by atoms with van der Waals surface area (Å²) in [6.45, 7) is 9.70. The smallest absolute Gasteiger partial charge is 0.247 e. The van der Waals surface area contributed by atoms with Gasteiger partial charge in [-0.1, -0.05) is 32.7 Å². The highest BCUT2D eigenvalue weighted by atomic mass is 31.1. The number of likely N-dealkylation sites (N-methyl/N-ethyl adjacent to an activating group) is 2. The number of carbonyl (C=O) groups is 1. The summed E-state index contributed by atoms with van der Waals surface area (Å²) in [6, 6.07) is 12.9. The van der Waals surface area contributed by atoms with Gasteiger partial charge in [0.05, 0.1) is 29.9 Å². The molecule has 1 aliphatic carbocycles. The molecule has 2 heterocycles. The molecule has 2 N–H and O–H groups in total. The molecule has 9 nitrogen and oxygen atoms in total. The Kier molecular flexibility index (Phi) is 8.80. The average Bonchev–Trinajstić information content (AvgIpc) is 3.75. The highest BCUT2D eigenvalue weighted by Gasteiger charge is 2.27. The second-order valence-corrected chi connectivity index (χ2v) is 13.4. The maximum absolute atomic E-state index is 12.4. The average molecular weight is 586 g/mol. The van der Waals surface area contributed by atoms with Gasteiger partial charge < -0.3 is 29.7 Å². The third-order valence-corrected chi connectivity index (χ3v) is 8.78. The van der Waals surface area contributed by atoms with Gasteiger partial charge in [0.25, 0.3) is 0 Å². The molecule has 0 atom stereocenters. The van der Waals surface area contributed by atoms with Crippen LogP contribution in [-0.2, 0) is 4.79 Å². The molecule has 2 aromatic heterocycles. The highest BCUT2D eigenvalue weighted by molar-refractivity contribution is 7.64. The van der Waals surface area contributed by atoms with Crippen LogP contribution in [0.3, 0.4) is 0 Å². The lowest BCUT2D eigenvalue weighted by Crippen LogP contribution is -2.29. The second-order valence-electron chi connectivity index (χ2n) is 11.1. The number of hydrogen-bond donors (Lipinski definition) is 2. The number of methoxy groups -OCH3 is 1. The standard InChI is InChI=1S/C32H40N7O2P/c1-8-30(40)34-24-17-25(28(41-5)18-27(24)38(4)16-15-37(2)3)35-32-33-19-29(42(6)7)31(36-32)23-20-39(21-13-14-21)26-12-10-9-11-22(23)26/h8-12,17-21H,1,13-16H2,2-7H3,(H,34,40)(H,33,35,36). The summed E-state index contributed by atoms with van der Waals surface area (Å²) in [6.07, 6.45) is 7.89. The number of amides is 1. The normalized spacial score (nSPS) is 13.0. The lowest BCUT2D eigenvalue weighted by atomic mass is 10.1. The van der Waals surface area contributed by atoms with E-state index in [9.17, 15) is 4.79 Å². The molecule has 1 amide bonds. The van der Waals surface area contributed by atoms with E-state index in [1.165, 1.54) is 29.8 Å². The lowest BCUT2D eigenvalue weighted by Gasteiger charge is -2.26. The van der Waals surface area contributed by atoms with Gasteiger partial charge in [0.15, 0.2) is 0 Å². The number of nitrogens with one attached hydrogen (secondary N) is 2. The minimum absolute atomic E-state index is 0.289. The summed E-state index contributed by atoms with van der Waals surface area (Å²) in [4.78, 5) is 26.4. The number of carbonyl (C=O) groups excluding carboxylic acids is 1. The zero-order chi connectivity index (χ0) is 30.0. The zero-order valence-corrected chi connectivity index (χ0v) is 26.2. The third kappa shape index (κ3) is 6.27. The van der Waals surface area contributed by atoms with Gasteiger partial charge in [-0.05, 0) is 58.5 Å². The topological polar surface area (TPSA) is 87.5 Å². The van der Waals surface area contributed by atoms with E-state index < -0.39 is 7.92 Å². The predicted molar refractivity (Wildman–Crippen MR) is 177 cm³/mol. The minimum atomic E-state index is -0.457. The number of aromatic nitrogens is 3. The molecule has 1 aliphatic rings. The van der Waals surface area contributed by atoms with Crippen molar-refractivity contribution in [3.8, 4) is 17.0 Å². The van der Waals surface area contributed by atoms with Crippen LogP contribution in [0.5, 0.6) is 5.75 Å². The van der Waals surface area contributed by atoms with Gasteiger partial charge in [-0.3, -0.25) is 4.79 Å². The monoisotopic (exact) mass is 585 g/mol. The van der Waals surface area contributed by atoms with E-state index >= 15 is 0 Å². The quantitative estimate of drug-likeness (QED) is 0.164. The van der Waals surface area contributed by atoms with Crippen LogP contribution < -0.4 is 25.6 Å². The molecule has 0 bridgehead atoms. The van der Waals surface area contributed by atoms with E-state index in [1.807, 2.05) is 39.5 Å². The van der Waals surface area contributed by atoms with Crippen LogP contribution in [0.1, 0.15) is 18.9 Å². The fourth-order valence-electron chi connectivity index (χ4n) is 5.04. The largest absolute Gasteiger partial charge is 0.494 e. The van der Waals surface area contributed by atoms with Crippen LogP contribution in [-0.4, -0.2) is 80.0 Å². The number of nitrogens with zero attached hydrogens (tertiary/aromatic N) is 5. The van der Waals surface area contributed by atoms with Gasteiger partial charge in [0.1, 0.15) is 5.75 Å². The molecule has 1 saturated carbocycles. The van der Waals surface area contributed by atoms with Gasteiger partial charge >= 0.3 is 0 Å². The van der Waals surface area contributed by atoms with Crippen molar-refractivity contribution in [2.24, 2.45) is 0 Å². The van der Waals surface area contributed by atoms with Crippen molar-refractivity contribution in [2.75, 3.05) is 70.2 Å². The molecule has 0 radical (unpaired) electrons. The Morgan fingerprint density at radius 1 is 1.17 bits per heavy atom. The summed E-state index contributed by atoms with van der Waals surface area (Å²) in [7, 11) is 7.24. The number of anilines is 4. The molecule has 0 unspecified atom stereocenters.